The Morgan fingerprint density at radius 1 is 1.00 bits per heavy atom. The lowest BCUT2D eigenvalue weighted by atomic mass is 10.1. The van der Waals surface area contributed by atoms with Gasteiger partial charge in [0.15, 0.2) is 0 Å². The van der Waals surface area contributed by atoms with E-state index in [0.29, 0.717) is 5.75 Å². The molecule has 0 atom stereocenters. The van der Waals surface area contributed by atoms with Crippen LogP contribution in [0.4, 0.5) is 0 Å². The molecule has 0 saturated heterocycles. The molecule has 3 nitrogen and oxygen atoms in total. The molecule has 0 unspecified atom stereocenters. The van der Waals surface area contributed by atoms with Gasteiger partial charge in [0.1, 0.15) is 11.5 Å². The van der Waals surface area contributed by atoms with Gasteiger partial charge in [-0.2, -0.15) is 0 Å². The molecule has 0 N–H and O–H groups in total. The molecule has 0 bridgehead atoms. The summed E-state index contributed by atoms with van der Waals surface area (Å²) >= 11 is 0. The van der Waals surface area contributed by atoms with E-state index < -0.39 is 9.05 Å². The minimum Gasteiger partial charge on any atom is -0.457 e. The summed E-state index contributed by atoms with van der Waals surface area (Å²) in [7, 11) is 1.56. The maximum absolute atomic E-state index is 11.1. The Morgan fingerprint density at radius 2 is 1.63 bits per heavy atom. The van der Waals surface area contributed by atoms with Gasteiger partial charge in [0.2, 0.25) is 0 Å². The van der Waals surface area contributed by atoms with E-state index in [1.807, 2.05) is 32.0 Å². The van der Waals surface area contributed by atoms with Crippen LogP contribution in [0.25, 0.3) is 0 Å². The molecular formula is C14H13ClO3S. The third-order valence-corrected chi connectivity index (χ3v) is 4.05. The normalized spacial score (nSPS) is 11.3. The van der Waals surface area contributed by atoms with Crippen molar-refractivity contribution >= 4 is 19.7 Å². The van der Waals surface area contributed by atoms with Crippen LogP contribution in [-0.4, -0.2) is 8.42 Å². The first-order valence-corrected chi connectivity index (χ1v) is 7.97. The molecule has 0 spiro atoms. The van der Waals surface area contributed by atoms with Crippen molar-refractivity contribution in [3.8, 4) is 11.5 Å². The van der Waals surface area contributed by atoms with Gasteiger partial charge in [0, 0.05) is 10.7 Å². The topological polar surface area (TPSA) is 43.4 Å². The zero-order valence-corrected chi connectivity index (χ0v) is 12.1. The van der Waals surface area contributed by atoms with Crippen molar-refractivity contribution in [1.82, 2.24) is 0 Å². The Bertz CT molecular complexity index is 691. The van der Waals surface area contributed by atoms with Crippen molar-refractivity contribution in [3.63, 3.8) is 0 Å². The number of hydrogen-bond donors (Lipinski definition) is 0. The molecule has 2 aromatic carbocycles. The van der Waals surface area contributed by atoms with E-state index in [1.54, 1.807) is 12.1 Å². The van der Waals surface area contributed by atoms with Gasteiger partial charge < -0.3 is 4.74 Å². The Hall–Kier alpha value is -1.52. The van der Waals surface area contributed by atoms with E-state index >= 15 is 0 Å². The Labute approximate surface area is 117 Å². The standard InChI is InChI=1S/C14H13ClO3S/c1-10-3-4-11(2)14(9-10)18-12-5-7-13(8-6-12)19(15,16)17/h3-9H,1-2H3. The van der Waals surface area contributed by atoms with Crippen LogP contribution >= 0.6 is 10.7 Å². The maximum atomic E-state index is 11.1. The smallest absolute Gasteiger partial charge is 0.261 e. The van der Waals surface area contributed by atoms with Crippen LogP contribution in [0.2, 0.25) is 0 Å². The molecule has 0 aromatic heterocycles. The van der Waals surface area contributed by atoms with Crippen LogP contribution in [0.3, 0.4) is 0 Å². The van der Waals surface area contributed by atoms with Gasteiger partial charge in [0.25, 0.3) is 9.05 Å². The molecule has 2 aromatic rings. The summed E-state index contributed by atoms with van der Waals surface area (Å²) in [4.78, 5) is 0.0579. The van der Waals surface area contributed by atoms with Gasteiger partial charge in [-0.3, -0.25) is 0 Å². The van der Waals surface area contributed by atoms with Gasteiger partial charge in [-0.15, -0.1) is 0 Å². The predicted molar refractivity (Wildman–Crippen MR) is 75.5 cm³/mol. The highest BCUT2D eigenvalue weighted by molar-refractivity contribution is 8.13. The van der Waals surface area contributed by atoms with Crippen molar-refractivity contribution in [2.24, 2.45) is 0 Å². The second-order valence-electron chi connectivity index (χ2n) is 4.28. The van der Waals surface area contributed by atoms with E-state index in [1.165, 1.54) is 12.1 Å². The van der Waals surface area contributed by atoms with E-state index in [-0.39, 0.29) is 4.90 Å². The predicted octanol–water partition coefficient (Wildman–Crippen LogP) is 4.02. The van der Waals surface area contributed by atoms with E-state index in [9.17, 15) is 8.42 Å². The highest BCUT2D eigenvalue weighted by Gasteiger charge is 2.09. The summed E-state index contributed by atoms with van der Waals surface area (Å²) in [6.07, 6.45) is 0. The van der Waals surface area contributed by atoms with Crippen LogP contribution in [0.5, 0.6) is 11.5 Å². The number of aryl methyl sites for hydroxylation is 2. The zero-order chi connectivity index (χ0) is 14.0. The number of rotatable bonds is 3. The lowest BCUT2D eigenvalue weighted by molar-refractivity contribution is 0.478. The minimum atomic E-state index is -3.69. The van der Waals surface area contributed by atoms with Gasteiger partial charge in [0.05, 0.1) is 4.90 Å². The molecule has 19 heavy (non-hydrogen) atoms. The van der Waals surface area contributed by atoms with Gasteiger partial charge in [-0.25, -0.2) is 8.42 Å². The van der Waals surface area contributed by atoms with Gasteiger partial charge >= 0.3 is 0 Å². The Morgan fingerprint density at radius 3 is 2.21 bits per heavy atom. The maximum Gasteiger partial charge on any atom is 0.261 e. The molecule has 0 fully saturated rings. The van der Waals surface area contributed by atoms with E-state index in [4.69, 9.17) is 15.4 Å². The zero-order valence-electron chi connectivity index (χ0n) is 10.6. The largest absolute Gasteiger partial charge is 0.457 e. The third-order valence-electron chi connectivity index (χ3n) is 2.68. The first kappa shape index (κ1) is 13.9. The van der Waals surface area contributed by atoms with E-state index in [0.717, 1.165) is 16.9 Å². The summed E-state index contributed by atoms with van der Waals surface area (Å²) in [5.74, 6) is 1.32. The molecule has 0 aliphatic rings. The highest BCUT2D eigenvalue weighted by atomic mass is 35.7. The van der Waals surface area contributed by atoms with Crippen LogP contribution < -0.4 is 4.74 Å². The first-order chi connectivity index (χ1) is 8.86. The first-order valence-electron chi connectivity index (χ1n) is 5.66. The summed E-state index contributed by atoms with van der Waals surface area (Å²) < 4.78 is 28.0. The fourth-order valence-corrected chi connectivity index (χ4v) is 2.38. The molecule has 0 saturated carbocycles. The number of benzene rings is 2. The quantitative estimate of drug-likeness (QED) is 0.803. The monoisotopic (exact) mass is 296 g/mol. The van der Waals surface area contributed by atoms with Gasteiger partial charge in [-0.1, -0.05) is 12.1 Å². The Kier molecular flexibility index (Phi) is 3.83. The van der Waals surface area contributed by atoms with Crippen LogP contribution in [-0.2, 0) is 9.05 Å². The van der Waals surface area contributed by atoms with Crippen molar-refractivity contribution in [2.75, 3.05) is 0 Å². The number of hydrogen-bond acceptors (Lipinski definition) is 3. The molecule has 0 heterocycles. The molecule has 0 aliphatic heterocycles. The number of ether oxygens (including phenoxy) is 1. The van der Waals surface area contributed by atoms with Crippen LogP contribution in [0, 0.1) is 13.8 Å². The molecule has 2 rings (SSSR count). The summed E-state index contributed by atoms with van der Waals surface area (Å²) in [5, 5.41) is 0. The van der Waals surface area contributed by atoms with Crippen LogP contribution in [0.15, 0.2) is 47.4 Å². The van der Waals surface area contributed by atoms with Crippen molar-refractivity contribution in [3.05, 3.63) is 53.6 Å². The van der Waals surface area contributed by atoms with Crippen LogP contribution in [0.1, 0.15) is 11.1 Å². The third kappa shape index (κ3) is 3.49. The van der Waals surface area contributed by atoms with Crippen molar-refractivity contribution in [2.45, 2.75) is 18.7 Å². The average Bonchev–Trinajstić information content (AvgIpc) is 2.33. The molecule has 0 amide bonds. The molecular weight excluding hydrogens is 284 g/mol. The second-order valence-corrected chi connectivity index (χ2v) is 6.85. The highest BCUT2D eigenvalue weighted by Crippen LogP contribution is 2.27. The van der Waals surface area contributed by atoms with Crippen molar-refractivity contribution < 1.29 is 13.2 Å². The van der Waals surface area contributed by atoms with Gasteiger partial charge in [-0.05, 0) is 55.3 Å². The lowest BCUT2D eigenvalue weighted by Crippen LogP contribution is -1.92. The minimum absolute atomic E-state index is 0.0579. The number of halogens is 1. The second kappa shape index (κ2) is 5.23. The molecule has 0 radical (unpaired) electrons. The SMILES string of the molecule is Cc1ccc(C)c(Oc2ccc(S(=O)(=O)Cl)cc2)c1. The summed E-state index contributed by atoms with van der Waals surface area (Å²) in [6.45, 7) is 3.93. The van der Waals surface area contributed by atoms with E-state index in [2.05, 4.69) is 0 Å². The lowest BCUT2D eigenvalue weighted by Gasteiger charge is -2.09. The van der Waals surface area contributed by atoms with Crippen molar-refractivity contribution in [1.29, 1.82) is 0 Å². The Balaban J connectivity index is 2.27. The molecule has 0 aliphatic carbocycles. The average molecular weight is 297 g/mol. The molecule has 100 valence electrons. The fraction of sp³-hybridized carbons (Fsp3) is 0.143. The summed E-state index contributed by atoms with van der Waals surface area (Å²) in [6, 6.07) is 11.9. The molecule has 5 heteroatoms. The fourth-order valence-electron chi connectivity index (χ4n) is 1.61. The summed E-state index contributed by atoms with van der Waals surface area (Å²) in [5.41, 5.74) is 2.11.